The zero-order valence-electron chi connectivity index (χ0n) is 13.2. The van der Waals surface area contributed by atoms with E-state index in [0.717, 1.165) is 51.5 Å². The molecular weight excluding hydrogens is 296 g/mol. The summed E-state index contributed by atoms with van der Waals surface area (Å²) in [5, 5.41) is 4.14. The van der Waals surface area contributed by atoms with Gasteiger partial charge in [0.2, 0.25) is 5.91 Å². The van der Waals surface area contributed by atoms with E-state index in [0.29, 0.717) is 17.7 Å². The number of nitrogens with zero attached hydrogens (tertiary/aromatic N) is 2. The number of carbonyl (C=O) groups is 1. The van der Waals surface area contributed by atoms with Gasteiger partial charge in [-0.05, 0) is 36.1 Å². The van der Waals surface area contributed by atoms with Crippen molar-refractivity contribution in [3.63, 3.8) is 0 Å². The van der Waals surface area contributed by atoms with E-state index in [4.69, 9.17) is 4.74 Å². The van der Waals surface area contributed by atoms with Crippen molar-refractivity contribution >= 4 is 22.9 Å². The smallest absolute Gasteiger partial charge is 0.234 e. The highest BCUT2D eigenvalue weighted by molar-refractivity contribution is 7.08. The minimum absolute atomic E-state index is 0.151. The van der Waals surface area contributed by atoms with Crippen LogP contribution in [-0.2, 0) is 9.53 Å². The van der Waals surface area contributed by atoms with Gasteiger partial charge in [-0.3, -0.25) is 4.79 Å². The van der Waals surface area contributed by atoms with Gasteiger partial charge in [-0.2, -0.15) is 11.3 Å². The molecule has 1 aromatic rings. The fourth-order valence-corrected chi connectivity index (χ4v) is 5.10. The third kappa shape index (κ3) is 2.30. The maximum absolute atomic E-state index is 13.1. The molecule has 0 saturated carbocycles. The number of ether oxygens (including phenoxy) is 1. The van der Waals surface area contributed by atoms with E-state index in [2.05, 4.69) is 28.7 Å². The van der Waals surface area contributed by atoms with Crippen LogP contribution in [0.4, 0.5) is 5.69 Å². The molecule has 120 valence electrons. The predicted octanol–water partition coefficient (Wildman–Crippen LogP) is 2.46. The molecule has 4 rings (SSSR count). The Labute approximate surface area is 136 Å². The fourth-order valence-electron chi connectivity index (χ4n) is 4.46. The van der Waals surface area contributed by atoms with Crippen LogP contribution in [0.3, 0.4) is 0 Å². The molecule has 3 fully saturated rings. The number of hydrogen-bond acceptors (Lipinski definition) is 4. The van der Waals surface area contributed by atoms with E-state index in [-0.39, 0.29) is 5.41 Å². The number of hydrogen-bond donors (Lipinski definition) is 0. The Morgan fingerprint density at radius 3 is 3.14 bits per heavy atom. The molecule has 1 unspecified atom stereocenters. The molecule has 3 saturated heterocycles. The van der Waals surface area contributed by atoms with Crippen molar-refractivity contribution in [1.82, 2.24) is 4.90 Å². The standard InChI is InChI=1S/C17H24N2O2S/c1-13-8-18(9-14-2-6-21-10-14)12-17(13)4-5-19(16(17)20)15-3-7-22-11-15/h3,7,11,13-14H,2,4-6,8-10,12H2,1H3/t13-,14?,17-/m1/s1. The van der Waals surface area contributed by atoms with Gasteiger partial charge < -0.3 is 14.5 Å². The summed E-state index contributed by atoms with van der Waals surface area (Å²) >= 11 is 1.66. The summed E-state index contributed by atoms with van der Waals surface area (Å²) < 4.78 is 5.50. The van der Waals surface area contributed by atoms with E-state index in [9.17, 15) is 4.79 Å². The van der Waals surface area contributed by atoms with Gasteiger partial charge in [0.15, 0.2) is 0 Å². The third-order valence-corrected chi connectivity index (χ3v) is 6.46. The molecule has 5 heteroatoms. The highest BCUT2D eigenvalue weighted by Crippen LogP contribution is 2.46. The fraction of sp³-hybridized carbons (Fsp3) is 0.706. The van der Waals surface area contributed by atoms with Gasteiger partial charge in [0.25, 0.3) is 0 Å². The molecule has 1 amide bonds. The van der Waals surface area contributed by atoms with Crippen molar-refractivity contribution in [3.05, 3.63) is 16.8 Å². The summed E-state index contributed by atoms with van der Waals surface area (Å²) in [4.78, 5) is 17.6. The highest BCUT2D eigenvalue weighted by atomic mass is 32.1. The SMILES string of the molecule is C[C@@H]1CN(CC2CCOC2)C[C@]12CCN(c1ccsc1)C2=O. The van der Waals surface area contributed by atoms with Crippen molar-refractivity contribution in [2.24, 2.45) is 17.3 Å². The van der Waals surface area contributed by atoms with Gasteiger partial charge >= 0.3 is 0 Å². The Bertz CT molecular complexity index is 541. The largest absolute Gasteiger partial charge is 0.381 e. The molecule has 0 aromatic carbocycles. The van der Waals surface area contributed by atoms with Crippen LogP contribution in [0.2, 0.25) is 0 Å². The maximum Gasteiger partial charge on any atom is 0.234 e. The van der Waals surface area contributed by atoms with E-state index < -0.39 is 0 Å². The van der Waals surface area contributed by atoms with Crippen LogP contribution in [-0.4, -0.2) is 50.2 Å². The summed E-state index contributed by atoms with van der Waals surface area (Å²) in [5.41, 5.74) is 0.934. The number of rotatable bonds is 3. The van der Waals surface area contributed by atoms with Crippen molar-refractivity contribution in [3.8, 4) is 0 Å². The monoisotopic (exact) mass is 320 g/mol. The van der Waals surface area contributed by atoms with Gasteiger partial charge in [0.1, 0.15) is 0 Å². The Morgan fingerprint density at radius 1 is 1.50 bits per heavy atom. The Balaban J connectivity index is 1.48. The average Bonchev–Trinajstić information content (AvgIpc) is 3.24. The van der Waals surface area contributed by atoms with E-state index in [1.807, 2.05) is 4.90 Å². The summed E-state index contributed by atoms with van der Waals surface area (Å²) in [6, 6.07) is 2.06. The summed E-state index contributed by atoms with van der Waals surface area (Å²) in [6.07, 6.45) is 2.17. The van der Waals surface area contributed by atoms with E-state index in [1.165, 1.54) is 6.42 Å². The molecule has 0 aliphatic carbocycles. The van der Waals surface area contributed by atoms with Gasteiger partial charge in [-0.1, -0.05) is 6.92 Å². The third-order valence-electron chi connectivity index (χ3n) is 5.79. The molecule has 0 radical (unpaired) electrons. The molecule has 0 N–H and O–H groups in total. The highest BCUT2D eigenvalue weighted by Gasteiger charge is 2.55. The summed E-state index contributed by atoms with van der Waals surface area (Å²) in [7, 11) is 0. The van der Waals surface area contributed by atoms with Crippen LogP contribution < -0.4 is 4.90 Å². The first kappa shape index (κ1) is 14.7. The lowest BCUT2D eigenvalue weighted by molar-refractivity contribution is -0.126. The minimum atomic E-state index is -0.151. The van der Waals surface area contributed by atoms with E-state index >= 15 is 0 Å². The van der Waals surface area contributed by atoms with Crippen LogP contribution in [0.5, 0.6) is 0 Å². The average molecular weight is 320 g/mol. The maximum atomic E-state index is 13.1. The second kappa shape index (κ2) is 5.62. The second-order valence-electron chi connectivity index (χ2n) is 7.17. The molecule has 4 heterocycles. The molecule has 1 aromatic heterocycles. The van der Waals surface area contributed by atoms with Gasteiger partial charge in [0, 0.05) is 38.2 Å². The molecule has 3 atom stereocenters. The molecule has 3 aliphatic heterocycles. The predicted molar refractivity (Wildman–Crippen MR) is 88.3 cm³/mol. The van der Waals surface area contributed by atoms with Gasteiger partial charge in [0.05, 0.1) is 17.7 Å². The molecule has 3 aliphatic rings. The van der Waals surface area contributed by atoms with Crippen molar-refractivity contribution in [1.29, 1.82) is 0 Å². The van der Waals surface area contributed by atoms with Gasteiger partial charge in [-0.25, -0.2) is 0 Å². The van der Waals surface area contributed by atoms with Crippen molar-refractivity contribution < 1.29 is 9.53 Å². The lowest BCUT2D eigenvalue weighted by Crippen LogP contribution is -2.40. The van der Waals surface area contributed by atoms with Crippen LogP contribution >= 0.6 is 11.3 Å². The lowest BCUT2D eigenvalue weighted by atomic mass is 9.78. The molecule has 1 spiro atoms. The molecular formula is C17H24N2O2S. The zero-order chi connectivity index (χ0) is 15.2. The first-order valence-corrected chi connectivity index (χ1v) is 9.27. The first-order chi connectivity index (χ1) is 10.7. The Morgan fingerprint density at radius 2 is 2.41 bits per heavy atom. The van der Waals surface area contributed by atoms with Crippen LogP contribution in [0.15, 0.2) is 16.8 Å². The Hall–Kier alpha value is -0.910. The molecule has 22 heavy (non-hydrogen) atoms. The Kier molecular flexibility index (Phi) is 3.75. The van der Waals surface area contributed by atoms with Crippen molar-refractivity contribution in [2.75, 3.05) is 44.3 Å². The number of anilines is 1. The normalized spacial score (nSPS) is 36.0. The second-order valence-corrected chi connectivity index (χ2v) is 7.95. The quantitative estimate of drug-likeness (QED) is 0.858. The number of thiophene rings is 1. The van der Waals surface area contributed by atoms with E-state index in [1.54, 1.807) is 11.3 Å². The summed E-state index contributed by atoms with van der Waals surface area (Å²) in [6.45, 7) is 8.03. The minimum Gasteiger partial charge on any atom is -0.381 e. The van der Waals surface area contributed by atoms with Crippen molar-refractivity contribution in [2.45, 2.75) is 19.8 Å². The molecule has 4 nitrogen and oxygen atoms in total. The van der Waals surface area contributed by atoms with Gasteiger partial charge in [-0.15, -0.1) is 0 Å². The lowest BCUT2D eigenvalue weighted by Gasteiger charge is -2.27. The number of amides is 1. The van der Waals surface area contributed by atoms with Crippen LogP contribution in [0, 0.1) is 17.3 Å². The number of carbonyl (C=O) groups excluding carboxylic acids is 1. The summed E-state index contributed by atoms with van der Waals surface area (Å²) in [5.74, 6) is 1.46. The van der Waals surface area contributed by atoms with Crippen LogP contribution in [0.1, 0.15) is 19.8 Å². The number of likely N-dealkylation sites (tertiary alicyclic amines) is 1. The zero-order valence-corrected chi connectivity index (χ0v) is 14.0. The molecule has 0 bridgehead atoms. The van der Waals surface area contributed by atoms with Crippen LogP contribution in [0.25, 0.3) is 0 Å². The topological polar surface area (TPSA) is 32.8 Å². The first-order valence-electron chi connectivity index (χ1n) is 8.33.